The van der Waals surface area contributed by atoms with Gasteiger partial charge >= 0.3 is 6.09 Å². The van der Waals surface area contributed by atoms with Crippen molar-refractivity contribution in [2.45, 2.75) is 31.9 Å². The first-order valence-corrected chi connectivity index (χ1v) is 7.74. The zero-order chi connectivity index (χ0) is 15.4. The van der Waals surface area contributed by atoms with E-state index in [1.54, 1.807) is 0 Å². The lowest BCUT2D eigenvalue weighted by Crippen LogP contribution is -2.43. The fraction of sp³-hybridized carbons (Fsp3) is 0.316. The summed E-state index contributed by atoms with van der Waals surface area (Å²) in [5, 5.41) is 0. The highest BCUT2D eigenvalue weighted by Crippen LogP contribution is 2.38. The van der Waals surface area contributed by atoms with Crippen LogP contribution in [0.5, 0.6) is 0 Å². The highest BCUT2D eigenvalue weighted by atomic mass is 16.6. The highest BCUT2D eigenvalue weighted by molar-refractivity contribution is 5.69. The zero-order valence-electron chi connectivity index (χ0n) is 12.9. The molecule has 0 N–H and O–H groups in total. The van der Waals surface area contributed by atoms with Gasteiger partial charge in [0.25, 0.3) is 0 Å². The molecule has 0 bridgehead atoms. The average Bonchev–Trinajstić information content (AvgIpc) is 2.98. The third-order valence-electron chi connectivity index (χ3n) is 4.46. The predicted molar refractivity (Wildman–Crippen MR) is 86.4 cm³/mol. The quantitative estimate of drug-likeness (QED) is 0.843. The molecular weight excluding hydrogens is 274 g/mol. The first-order valence-electron chi connectivity index (χ1n) is 7.74. The van der Waals surface area contributed by atoms with Gasteiger partial charge in [-0.1, -0.05) is 60.7 Å². The molecule has 2 aromatic carbocycles. The number of hydrogen-bond acceptors (Lipinski definition) is 2. The molecule has 0 saturated carbocycles. The van der Waals surface area contributed by atoms with E-state index in [0.29, 0.717) is 6.61 Å². The minimum absolute atomic E-state index is 0.229. The largest absolute Gasteiger partial charge is 0.445 e. The molecule has 1 atom stereocenters. The van der Waals surface area contributed by atoms with Gasteiger partial charge in [-0.2, -0.15) is 0 Å². The van der Waals surface area contributed by atoms with Gasteiger partial charge in [-0.3, -0.25) is 4.90 Å². The van der Waals surface area contributed by atoms with Crippen LogP contribution >= 0.6 is 0 Å². The smallest absolute Gasteiger partial charge is 0.410 e. The Morgan fingerprint density at radius 3 is 2.41 bits per heavy atom. The number of carbonyl (C=O) groups excluding carboxylic acids is 1. The van der Waals surface area contributed by atoms with E-state index >= 15 is 0 Å². The van der Waals surface area contributed by atoms with E-state index in [1.165, 1.54) is 5.56 Å². The molecule has 1 aliphatic rings. The van der Waals surface area contributed by atoms with Crippen molar-refractivity contribution in [2.75, 3.05) is 6.54 Å². The highest BCUT2D eigenvalue weighted by Gasteiger charge is 2.41. The fourth-order valence-corrected chi connectivity index (χ4v) is 3.15. The van der Waals surface area contributed by atoms with Gasteiger partial charge < -0.3 is 4.74 Å². The van der Waals surface area contributed by atoms with Crippen molar-refractivity contribution < 1.29 is 9.53 Å². The van der Waals surface area contributed by atoms with E-state index in [2.05, 4.69) is 19.1 Å². The zero-order valence-corrected chi connectivity index (χ0v) is 12.9. The van der Waals surface area contributed by atoms with E-state index in [1.807, 2.05) is 53.4 Å². The van der Waals surface area contributed by atoms with Crippen LogP contribution in [-0.2, 0) is 16.9 Å². The minimum Gasteiger partial charge on any atom is -0.445 e. The van der Waals surface area contributed by atoms with E-state index < -0.39 is 0 Å². The van der Waals surface area contributed by atoms with E-state index in [4.69, 9.17) is 4.74 Å². The van der Waals surface area contributed by atoms with Crippen LogP contribution in [0.4, 0.5) is 4.79 Å². The van der Waals surface area contributed by atoms with Gasteiger partial charge in [0.2, 0.25) is 0 Å². The lowest BCUT2D eigenvalue weighted by molar-refractivity contribution is 0.0693. The van der Waals surface area contributed by atoms with Crippen molar-refractivity contribution in [3.63, 3.8) is 0 Å². The van der Waals surface area contributed by atoms with Crippen LogP contribution < -0.4 is 0 Å². The van der Waals surface area contributed by atoms with Crippen molar-refractivity contribution in [3.8, 4) is 0 Å². The summed E-state index contributed by atoms with van der Waals surface area (Å²) >= 11 is 0. The molecule has 1 heterocycles. The number of carbonyl (C=O) groups is 1. The van der Waals surface area contributed by atoms with Crippen molar-refractivity contribution in [1.29, 1.82) is 0 Å². The van der Waals surface area contributed by atoms with Crippen LogP contribution in [0, 0.1) is 0 Å². The van der Waals surface area contributed by atoms with Crippen LogP contribution in [0.3, 0.4) is 0 Å². The maximum absolute atomic E-state index is 12.5. The van der Waals surface area contributed by atoms with Gasteiger partial charge in [-0.25, -0.2) is 4.79 Å². The van der Waals surface area contributed by atoms with Crippen LogP contribution in [0.25, 0.3) is 0 Å². The Bertz CT molecular complexity index is 626. The molecule has 1 aliphatic heterocycles. The summed E-state index contributed by atoms with van der Waals surface area (Å²) in [6, 6.07) is 20.0. The molecule has 0 radical (unpaired) electrons. The third-order valence-corrected chi connectivity index (χ3v) is 4.46. The fourth-order valence-electron chi connectivity index (χ4n) is 3.15. The van der Waals surface area contributed by atoms with Crippen LogP contribution in [0.1, 0.15) is 30.9 Å². The van der Waals surface area contributed by atoms with Crippen molar-refractivity contribution in [1.82, 2.24) is 4.90 Å². The molecular formula is C19H21NO2. The first-order chi connectivity index (χ1) is 10.7. The van der Waals surface area contributed by atoms with Crippen molar-refractivity contribution in [2.24, 2.45) is 0 Å². The van der Waals surface area contributed by atoms with E-state index in [0.717, 1.165) is 24.9 Å². The standard InChI is InChI=1S/C19H21NO2/c1-19(17-11-6-3-7-12-17)13-8-14-20(19)18(21)22-15-16-9-4-2-5-10-16/h2-7,9-12H,8,13-15H2,1H3. The Morgan fingerprint density at radius 1 is 1.09 bits per heavy atom. The molecule has 0 aliphatic carbocycles. The summed E-state index contributed by atoms with van der Waals surface area (Å²) in [6.45, 7) is 3.19. The second-order valence-electron chi connectivity index (χ2n) is 5.94. The number of likely N-dealkylation sites (tertiary alicyclic amines) is 1. The minimum atomic E-state index is -0.269. The molecule has 1 unspecified atom stereocenters. The Morgan fingerprint density at radius 2 is 1.73 bits per heavy atom. The van der Waals surface area contributed by atoms with Crippen LogP contribution in [-0.4, -0.2) is 17.5 Å². The molecule has 1 saturated heterocycles. The van der Waals surface area contributed by atoms with Gasteiger partial charge in [0.05, 0.1) is 5.54 Å². The summed E-state index contributed by atoms with van der Waals surface area (Å²) in [5.41, 5.74) is 1.91. The maximum Gasteiger partial charge on any atom is 0.410 e. The molecule has 22 heavy (non-hydrogen) atoms. The van der Waals surface area contributed by atoms with Crippen molar-refractivity contribution >= 4 is 6.09 Å². The summed E-state index contributed by atoms with van der Waals surface area (Å²) in [5.74, 6) is 0. The second kappa shape index (κ2) is 6.22. The molecule has 1 fully saturated rings. The van der Waals surface area contributed by atoms with Gasteiger partial charge in [-0.15, -0.1) is 0 Å². The molecule has 1 amide bonds. The van der Waals surface area contributed by atoms with E-state index in [-0.39, 0.29) is 11.6 Å². The van der Waals surface area contributed by atoms with Gasteiger partial charge in [0.15, 0.2) is 0 Å². The van der Waals surface area contributed by atoms with Gasteiger partial charge in [0.1, 0.15) is 6.61 Å². The molecule has 0 aromatic heterocycles. The number of nitrogens with zero attached hydrogens (tertiary/aromatic N) is 1. The Labute approximate surface area is 131 Å². The molecule has 3 nitrogen and oxygen atoms in total. The number of hydrogen-bond donors (Lipinski definition) is 0. The molecule has 2 aromatic rings. The lowest BCUT2D eigenvalue weighted by atomic mass is 9.89. The SMILES string of the molecule is CC1(c2ccccc2)CCCN1C(=O)OCc1ccccc1. The van der Waals surface area contributed by atoms with E-state index in [9.17, 15) is 4.79 Å². The topological polar surface area (TPSA) is 29.5 Å². The summed E-state index contributed by atoms with van der Waals surface area (Å²) in [7, 11) is 0. The monoisotopic (exact) mass is 295 g/mol. The van der Waals surface area contributed by atoms with Gasteiger partial charge in [-0.05, 0) is 30.9 Å². The Balaban J connectivity index is 1.71. The third kappa shape index (κ3) is 2.84. The summed E-state index contributed by atoms with van der Waals surface area (Å²) < 4.78 is 5.52. The number of rotatable bonds is 3. The first kappa shape index (κ1) is 14.6. The Hall–Kier alpha value is -2.29. The number of ether oxygens (including phenoxy) is 1. The average molecular weight is 295 g/mol. The normalized spacial score (nSPS) is 20.9. The van der Waals surface area contributed by atoms with Gasteiger partial charge in [0, 0.05) is 6.54 Å². The molecule has 0 spiro atoms. The molecule has 114 valence electrons. The van der Waals surface area contributed by atoms with Crippen LogP contribution in [0.15, 0.2) is 60.7 Å². The maximum atomic E-state index is 12.5. The van der Waals surface area contributed by atoms with Crippen molar-refractivity contribution in [3.05, 3.63) is 71.8 Å². The molecule has 3 heteroatoms. The summed E-state index contributed by atoms with van der Waals surface area (Å²) in [4.78, 5) is 14.4. The second-order valence-corrected chi connectivity index (χ2v) is 5.94. The summed E-state index contributed by atoms with van der Waals surface area (Å²) in [6.07, 6.45) is 1.75. The van der Waals surface area contributed by atoms with Crippen LogP contribution in [0.2, 0.25) is 0 Å². The predicted octanol–water partition coefficient (Wildman–Crippen LogP) is 4.33. The molecule has 3 rings (SSSR count). The Kier molecular flexibility index (Phi) is 4.14. The number of amides is 1. The lowest BCUT2D eigenvalue weighted by Gasteiger charge is -2.35. The number of benzene rings is 2.